The second-order valence-electron chi connectivity index (χ2n) is 2.44. The molecule has 1 fully saturated rings. The summed E-state index contributed by atoms with van der Waals surface area (Å²) in [6, 6.07) is 0. The van der Waals surface area contributed by atoms with Crippen molar-refractivity contribution >= 4 is 45.8 Å². The van der Waals surface area contributed by atoms with Crippen LogP contribution < -0.4 is 0 Å². The third kappa shape index (κ3) is 2.43. The molecule has 1 aliphatic rings. The molecule has 0 nitrogen and oxygen atoms in total. The van der Waals surface area contributed by atoms with Crippen LogP contribution >= 0.6 is 45.8 Å². The molecule has 0 bridgehead atoms. The SMILES string of the molecule is ClC1CCC(I)CC1Cl. The van der Waals surface area contributed by atoms with E-state index in [1.807, 2.05) is 0 Å². The zero-order valence-electron chi connectivity index (χ0n) is 4.99. The van der Waals surface area contributed by atoms with Crippen LogP contribution in [0.1, 0.15) is 19.3 Å². The maximum atomic E-state index is 5.93. The summed E-state index contributed by atoms with van der Waals surface area (Å²) in [6.45, 7) is 0. The lowest BCUT2D eigenvalue weighted by atomic mass is 10.00. The quantitative estimate of drug-likeness (QED) is 0.472. The van der Waals surface area contributed by atoms with E-state index in [2.05, 4.69) is 22.6 Å². The summed E-state index contributed by atoms with van der Waals surface area (Å²) in [5.41, 5.74) is 0. The van der Waals surface area contributed by atoms with Crippen molar-refractivity contribution in [2.45, 2.75) is 33.9 Å². The average molecular weight is 279 g/mol. The van der Waals surface area contributed by atoms with Crippen LogP contribution in [0.3, 0.4) is 0 Å². The Morgan fingerprint density at radius 2 is 1.78 bits per heavy atom. The van der Waals surface area contributed by atoms with E-state index in [1.54, 1.807) is 0 Å². The minimum Gasteiger partial charge on any atom is -0.121 e. The second-order valence-corrected chi connectivity index (χ2v) is 5.33. The molecule has 54 valence electrons. The summed E-state index contributed by atoms with van der Waals surface area (Å²) in [5, 5.41) is 0.431. The van der Waals surface area contributed by atoms with Gasteiger partial charge in [0, 0.05) is 3.92 Å². The van der Waals surface area contributed by atoms with Gasteiger partial charge in [0.25, 0.3) is 0 Å². The molecule has 0 spiro atoms. The fourth-order valence-corrected chi connectivity index (χ4v) is 2.81. The van der Waals surface area contributed by atoms with Gasteiger partial charge in [-0.25, -0.2) is 0 Å². The van der Waals surface area contributed by atoms with Crippen LogP contribution in [0.2, 0.25) is 0 Å². The minimum atomic E-state index is 0.210. The summed E-state index contributed by atoms with van der Waals surface area (Å²) >= 11 is 14.3. The first kappa shape index (κ1) is 8.41. The third-order valence-electron chi connectivity index (χ3n) is 1.63. The van der Waals surface area contributed by atoms with Gasteiger partial charge in [-0.15, -0.1) is 23.2 Å². The minimum absolute atomic E-state index is 0.210. The van der Waals surface area contributed by atoms with Crippen molar-refractivity contribution in [1.82, 2.24) is 0 Å². The van der Waals surface area contributed by atoms with Crippen LogP contribution in [0.15, 0.2) is 0 Å². The Morgan fingerprint density at radius 1 is 1.11 bits per heavy atom. The van der Waals surface area contributed by atoms with Crippen LogP contribution in [-0.4, -0.2) is 14.7 Å². The van der Waals surface area contributed by atoms with Gasteiger partial charge < -0.3 is 0 Å². The highest BCUT2D eigenvalue weighted by Gasteiger charge is 2.25. The van der Waals surface area contributed by atoms with Gasteiger partial charge in [-0.3, -0.25) is 0 Å². The summed E-state index contributed by atoms with van der Waals surface area (Å²) in [5.74, 6) is 0. The van der Waals surface area contributed by atoms with Crippen LogP contribution in [0.25, 0.3) is 0 Å². The lowest BCUT2D eigenvalue weighted by Crippen LogP contribution is -2.25. The fraction of sp³-hybridized carbons (Fsp3) is 1.00. The number of alkyl halides is 3. The Morgan fingerprint density at radius 3 is 2.22 bits per heavy atom. The van der Waals surface area contributed by atoms with Crippen molar-refractivity contribution in [1.29, 1.82) is 0 Å². The van der Waals surface area contributed by atoms with Crippen molar-refractivity contribution in [3.05, 3.63) is 0 Å². The predicted octanol–water partition coefficient (Wildman–Crippen LogP) is 3.19. The molecular weight excluding hydrogens is 270 g/mol. The van der Waals surface area contributed by atoms with Gasteiger partial charge in [-0.1, -0.05) is 22.6 Å². The lowest BCUT2D eigenvalue weighted by Gasteiger charge is -2.25. The van der Waals surface area contributed by atoms with Gasteiger partial charge in [-0.2, -0.15) is 0 Å². The molecule has 9 heavy (non-hydrogen) atoms. The molecule has 3 atom stereocenters. The number of rotatable bonds is 0. The number of halogens is 3. The molecular formula is C6H9Cl2I. The van der Waals surface area contributed by atoms with Crippen molar-refractivity contribution in [2.75, 3.05) is 0 Å². The normalized spacial score (nSPS) is 45.0. The Balaban J connectivity index is 2.35. The van der Waals surface area contributed by atoms with Gasteiger partial charge in [-0.05, 0) is 19.3 Å². The summed E-state index contributed by atoms with van der Waals surface area (Å²) in [4.78, 5) is 0. The maximum absolute atomic E-state index is 5.93. The highest BCUT2D eigenvalue weighted by atomic mass is 127. The molecule has 3 unspecified atom stereocenters. The van der Waals surface area contributed by atoms with Gasteiger partial charge in [0.1, 0.15) is 0 Å². The molecule has 1 saturated carbocycles. The Labute approximate surface area is 79.4 Å². The van der Waals surface area contributed by atoms with Gasteiger partial charge in [0.2, 0.25) is 0 Å². The van der Waals surface area contributed by atoms with Crippen LogP contribution in [0.4, 0.5) is 0 Å². The van der Waals surface area contributed by atoms with Crippen molar-refractivity contribution in [3.8, 4) is 0 Å². The van der Waals surface area contributed by atoms with E-state index in [0.29, 0.717) is 0 Å². The number of hydrogen-bond donors (Lipinski definition) is 0. The second kappa shape index (κ2) is 3.63. The molecule has 0 amide bonds. The molecule has 0 heterocycles. The molecule has 1 aliphatic carbocycles. The molecule has 1 rings (SSSR count). The van der Waals surface area contributed by atoms with Crippen LogP contribution in [0.5, 0.6) is 0 Å². The van der Waals surface area contributed by atoms with E-state index >= 15 is 0 Å². The topological polar surface area (TPSA) is 0 Å². The Hall–Kier alpha value is 1.31. The Kier molecular flexibility index (Phi) is 3.39. The van der Waals surface area contributed by atoms with Gasteiger partial charge in [0.15, 0.2) is 0 Å². The standard InChI is InChI=1S/C6H9Cl2I/c7-5-2-1-4(9)3-6(5)8/h4-6H,1-3H2. The van der Waals surface area contributed by atoms with Crippen LogP contribution in [-0.2, 0) is 0 Å². The van der Waals surface area contributed by atoms with Gasteiger partial charge in [0.05, 0.1) is 10.8 Å². The summed E-state index contributed by atoms with van der Waals surface area (Å²) < 4.78 is 0.750. The predicted molar refractivity (Wildman–Crippen MR) is 50.9 cm³/mol. The molecule has 0 radical (unpaired) electrons. The molecule has 0 aromatic carbocycles. The lowest BCUT2D eigenvalue weighted by molar-refractivity contribution is 0.542. The molecule has 3 heteroatoms. The third-order valence-corrected chi connectivity index (χ3v) is 3.89. The van der Waals surface area contributed by atoms with Crippen molar-refractivity contribution in [3.63, 3.8) is 0 Å². The first-order chi connectivity index (χ1) is 4.20. The highest BCUT2D eigenvalue weighted by molar-refractivity contribution is 14.1. The first-order valence-electron chi connectivity index (χ1n) is 3.12. The van der Waals surface area contributed by atoms with E-state index < -0.39 is 0 Å². The van der Waals surface area contributed by atoms with E-state index in [4.69, 9.17) is 23.2 Å². The van der Waals surface area contributed by atoms with E-state index in [9.17, 15) is 0 Å². The van der Waals surface area contributed by atoms with E-state index in [1.165, 1.54) is 6.42 Å². The zero-order chi connectivity index (χ0) is 6.85. The van der Waals surface area contributed by atoms with Crippen LogP contribution in [0, 0.1) is 0 Å². The summed E-state index contributed by atoms with van der Waals surface area (Å²) in [6.07, 6.45) is 3.40. The first-order valence-corrected chi connectivity index (χ1v) is 5.24. The molecule has 0 aromatic heterocycles. The highest BCUT2D eigenvalue weighted by Crippen LogP contribution is 2.31. The maximum Gasteiger partial charge on any atom is 0.0509 e. The largest absolute Gasteiger partial charge is 0.121 e. The van der Waals surface area contributed by atoms with Crippen molar-refractivity contribution < 1.29 is 0 Å². The zero-order valence-corrected chi connectivity index (χ0v) is 8.66. The Bertz CT molecular complexity index is 97.1. The molecule has 0 N–H and O–H groups in total. The molecule has 0 aliphatic heterocycles. The molecule has 0 aromatic rings. The average Bonchev–Trinajstić information content (AvgIpc) is 1.80. The summed E-state index contributed by atoms with van der Waals surface area (Å²) in [7, 11) is 0. The van der Waals surface area contributed by atoms with Crippen molar-refractivity contribution in [2.24, 2.45) is 0 Å². The fourth-order valence-electron chi connectivity index (χ4n) is 1.03. The number of hydrogen-bond acceptors (Lipinski definition) is 0. The van der Waals surface area contributed by atoms with E-state index in [-0.39, 0.29) is 10.8 Å². The smallest absolute Gasteiger partial charge is 0.0509 e. The van der Waals surface area contributed by atoms with Gasteiger partial charge >= 0.3 is 0 Å². The van der Waals surface area contributed by atoms with E-state index in [0.717, 1.165) is 16.8 Å². The monoisotopic (exact) mass is 278 g/mol. The molecule has 0 saturated heterocycles.